The highest BCUT2D eigenvalue weighted by Gasteiger charge is 2.10. The molecule has 72 valence electrons. The highest BCUT2D eigenvalue weighted by atomic mass is 16.4. The van der Waals surface area contributed by atoms with Gasteiger partial charge in [0.25, 0.3) is 0 Å². The molecule has 0 atom stereocenters. The first-order chi connectivity index (χ1) is 6.60. The molecule has 1 aromatic carbocycles. The summed E-state index contributed by atoms with van der Waals surface area (Å²) in [5.41, 5.74) is 2.26. The Hall–Kier alpha value is -1.82. The Kier molecular flexibility index (Phi) is 2.88. The molecule has 3 heteroatoms. The van der Waals surface area contributed by atoms with Gasteiger partial charge in [0, 0.05) is 0 Å². The Labute approximate surface area is 82.6 Å². The van der Waals surface area contributed by atoms with E-state index >= 15 is 0 Å². The first kappa shape index (κ1) is 10.3. The number of carboxylic acids is 1. The number of aryl methyl sites for hydroxylation is 2. The van der Waals surface area contributed by atoms with Gasteiger partial charge in [-0.15, -0.1) is 0 Å². The van der Waals surface area contributed by atoms with Crippen LogP contribution in [0.3, 0.4) is 0 Å². The Morgan fingerprint density at radius 1 is 1.57 bits per heavy atom. The Morgan fingerprint density at radius 3 is 2.64 bits per heavy atom. The van der Waals surface area contributed by atoms with E-state index in [1.165, 1.54) is 0 Å². The Bertz CT molecular complexity index is 416. The van der Waals surface area contributed by atoms with E-state index in [0.29, 0.717) is 17.5 Å². The van der Waals surface area contributed by atoms with Crippen LogP contribution in [0.15, 0.2) is 12.1 Å². The second-order valence-corrected chi connectivity index (χ2v) is 3.09. The molecule has 0 saturated heterocycles. The number of hydrogen-bond donors (Lipinski definition) is 1. The molecule has 14 heavy (non-hydrogen) atoms. The molecule has 0 spiro atoms. The molecule has 0 fully saturated rings. The molecule has 0 amide bonds. The van der Waals surface area contributed by atoms with Gasteiger partial charge in [-0.2, -0.15) is 5.26 Å². The molecule has 0 aliphatic carbocycles. The molecule has 0 aliphatic heterocycles. The zero-order valence-electron chi connectivity index (χ0n) is 8.16. The van der Waals surface area contributed by atoms with Gasteiger partial charge in [-0.1, -0.05) is 6.92 Å². The Morgan fingerprint density at radius 2 is 2.21 bits per heavy atom. The highest BCUT2D eigenvalue weighted by Crippen LogP contribution is 2.16. The summed E-state index contributed by atoms with van der Waals surface area (Å²) >= 11 is 0. The van der Waals surface area contributed by atoms with Crippen LogP contribution in [0.2, 0.25) is 0 Å². The van der Waals surface area contributed by atoms with Crippen LogP contribution in [-0.2, 0) is 6.42 Å². The minimum atomic E-state index is -0.943. The summed E-state index contributed by atoms with van der Waals surface area (Å²) in [6.07, 6.45) is 0.670. The van der Waals surface area contributed by atoms with Gasteiger partial charge in [-0.05, 0) is 36.6 Å². The van der Waals surface area contributed by atoms with E-state index in [9.17, 15) is 4.79 Å². The van der Waals surface area contributed by atoms with Crippen molar-refractivity contribution in [1.29, 1.82) is 5.26 Å². The number of rotatable bonds is 2. The lowest BCUT2D eigenvalue weighted by atomic mass is 9.98. The minimum Gasteiger partial charge on any atom is -0.478 e. The van der Waals surface area contributed by atoms with Crippen molar-refractivity contribution in [2.75, 3.05) is 0 Å². The molecule has 0 bridgehead atoms. The van der Waals surface area contributed by atoms with Crippen LogP contribution in [0.25, 0.3) is 0 Å². The van der Waals surface area contributed by atoms with E-state index in [2.05, 4.69) is 6.07 Å². The predicted molar refractivity (Wildman–Crippen MR) is 52.2 cm³/mol. The van der Waals surface area contributed by atoms with Crippen molar-refractivity contribution in [3.05, 3.63) is 34.4 Å². The van der Waals surface area contributed by atoms with Crippen LogP contribution in [0.4, 0.5) is 0 Å². The summed E-state index contributed by atoms with van der Waals surface area (Å²) in [5.74, 6) is -0.943. The number of carboxylic acid groups (broad SMARTS) is 1. The lowest BCUT2D eigenvalue weighted by Crippen LogP contribution is -2.02. The molecule has 0 radical (unpaired) electrons. The molecule has 1 N–H and O–H groups in total. The maximum absolute atomic E-state index is 10.8. The monoisotopic (exact) mass is 189 g/mol. The number of nitriles is 1. The number of carbonyl (C=O) groups is 1. The van der Waals surface area contributed by atoms with Crippen LogP contribution in [0, 0.1) is 18.3 Å². The van der Waals surface area contributed by atoms with E-state index < -0.39 is 5.97 Å². The van der Waals surface area contributed by atoms with E-state index in [4.69, 9.17) is 10.4 Å². The fourth-order valence-corrected chi connectivity index (χ4v) is 1.38. The number of benzene rings is 1. The van der Waals surface area contributed by atoms with Gasteiger partial charge in [-0.3, -0.25) is 0 Å². The molecule has 1 aromatic rings. The zero-order valence-corrected chi connectivity index (χ0v) is 8.16. The maximum Gasteiger partial charge on any atom is 0.335 e. The van der Waals surface area contributed by atoms with E-state index in [0.717, 1.165) is 5.56 Å². The third-order valence-corrected chi connectivity index (χ3v) is 2.18. The molecule has 3 nitrogen and oxygen atoms in total. The van der Waals surface area contributed by atoms with Crippen LogP contribution >= 0.6 is 0 Å². The van der Waals surface area contributed by atoms with Gasteiger partial charge in [0.05, 0.1) is 17.2 Å². The van der Waals surface area contributed by atoms with Crippen molar-refractivity contribution in [1.82, 2.24) is 0 Å². The van der Waals surface area contributed by atoms with Crippen LogP contribution < -0.4 is 0 Å². The van der Waals surface area contributed by atoms with E-state index in [1.54, 1.807) is 19.1 Å². The van der Waals surface area contributed by atoms with Crippen LogP contribution in [0.1, 0.15) is 34.0 Å². The standard InChI is InChI=1S/C11H11NO2/c1-3-8-5-10(11(13)14)7(2)4-9(8)6-12/h4-5H,3H2,1-2H3,(H,13,14). The largest absolute Gasteiger partial charge is 0.478 e. The molecule has 0 unspecified atom stereocenters. The topological polar surface area (TPSA) is 61.1 Å². The van der Waals surface area contributed by atoms with Gasteiger partial charge < -0.3 is 5.11 Å². The number of hydrogen-bond acceptors (Lipinski definition) is 2. The summed E-state index contributed by atoms with van der Waals surface area (Å²) in [5, 5.41) is 17.7. The highest BCUT2D eigenvalue weighted by molar-refractivity contribution is 5.89. The third-order valence-electron chi connectivity index (χ3n) is 2.18. The lowest BCUT2D eigenvalue weighted by Gasteiger charge is -2.05. The smallest absolute Gasteiger partial charge is 0.335 e. The van der Waals surface area contributed by atoms with Gasteiger partial charge >= 0.3 is 5.97 Å². The minimum absolute atomic E-state index is 0.279. The molecular formula is C11H11NO2. The van der Waals surface area contributed by atoms with Crippen LogP contribution in [-0.4, -0.2) is 11.1 Å². The van der Waals surface area contributed by atoms with Crippen molar-refractivity contribution in [3.63, 3.8) is 0 Å². The summed E-state index contributed by atoms with van der Waals surface area (Å²) in [6.45, 7) is 3.60. The van der Waals surface area contributed by atoms with Gasteiger partial charge in [0.15, 0.2) is 0 Å². The first-order valence-corrected chi connectivity index (χ1v) is 4.37. The van der Waals surface area contributed by atoms with Gasteiger partial charge in [0.1, 0.15) is 0 Å². The van der Waals surface area contributed by atoms with E-state index in [-0.39, 0.29) is 5.56 Å². The SMILES string of the molecule is CCc1cc(C(=O)O)c(C)cc1C#N. The lowest BCUT2D eigenvalue weighted by molar-refractivity contribution is 0.0696. The summed E-state index contributed by atoms with van der Waals surface area (Å²) in [6, 6.07) is 5.27. The third kappa shape index (κ3) is 1.74. The second-order valence-electron chi connectivity index (χ2n) is 3.09. The number of aromatic carboxylic acids is 1. The molecule has 0 aromatic heterocycles. The molecule has 1 rings (SSSR count). The average Bonchev–Trinajstić information content (AvgIpc) is 2.16. The van der Waals surface area contributed by atoms with Crippen molar-refractivity contribution in [2.24, 2.45) is 0 Å². The quantitative estimate of drug-likeness (QED) is 0.775. The normalized spacial score (nSPS) is 9.50. The molecule has 0 aliphatic rings. The fraction of sp³-hybridized carbons (Fsp3) is 0.273. The van der Waals surface area contributed by atoms with Crippen molar-refractivity contribution >= 4 is 5.97 Å². The van der Waals surface area contributed by atoms with Gasteiger partial charge in [0.2, 0.25) is 0 Å². The fourth-order valence-electron chi connectivity index (χ4n) is 1.38. The van der Waals surface area contributed by atoms with Crippen molar-refractivity contribution in [3.8, 4) is 6.07 Å². The summed E-state index contributed by atoms with van der Waals surface area (Å²) < 4.78 is 0. The summed E-state index contributed by atoms with van der Waals surface area (Å²) in [4.78, 5) is 10.8. The predicted octanol–water partition coefficient (Wildman–Crippen LogP) is 2.13. The zero-order chi connectivity index (χ0) is 10.7. The number of nitrogens with zero attached hydrogens (tertiary/aromatic N) is 1. The average molecular weight is 189 g/mol. The second kappa shape index (κ2) is 3.93. The van der Waals surface area contributed by atoms with E-state index in [1.807, 2.05) is 6.92 Å². The molecule has 0 saturated carbocycles. The first-order valence-electron chi connectivity index (χ1n) is 4.37. The van der Waals surface area contributed by atoms with Crippen molar-refractivity contribution < 1.29 is 9.90 Å². The Balaban J connectivity index is 3.39. The van der Waals surface area contributed by atoms with Gasteiger partial charge in [-0.25, -0.2) is 4.79 Å². The molecular weight excluding hydrogens is 178 g/mol. The van der Waals surface area contributed by atoms with Crippen molar-refractivity contribution in [2.45, 2.75) is 20.3 Å². The summed E-state index contributed by atoms with van der Waals surface area (Å²) in [7, 11) is 0. The van der Waals surface area contributed by atoms with Crippen LogP contribution in [0.5, 0.6) is 0 Å². The molecule has 0 heterocycles. The maximum atomic E-state index is 10.8.